The maximum atomic E-state index is 11.6. The Morgan fingerprint density at radius 1 is 1.47 bits per heavy atom. The molecular formula is C11H19NO3. The third-order valence-corrected chi connectivity index (χ3v) is 5.33. The van der Waals surface area contributed by atoms with E-state index >= 15 is 0 Å². The molecule has 0 amide bonds. The predicted molar refractivity (Wildman–Crippen MR) is 54.5 cm³/mol. The summed E-state index contributed by atoms with van der Waals surface area (Å²) in [4.78, 5) is 15.9. The summed E-state index contributed by atoms with van der Waals surface area (Å²) >= 11 is 0. The van der Waals surface area contributed by atoms with E-state index in [2.05, 4.69) is 18.7 Å². The number of hydrogen-bond donors (Lipinski definition) is 2. The van der Waals surface area contributed by atoms with Crippen LogP contribution in [-0.4, -0.2) is 16.7 Å². The first-order valence-corrected chi connectivity index (χ1v) is 5.43. The van der Waals surface area contributed by atoms with Crippen molar-refractivity contribution in [1.82, 2.24) is 0 Å². The van der Waals surface area contributed by atoms with Crippen LogP contribution in [0.1, 0.15) is 40.0 Å². The second-order valence-corrected chi connectivity index (χ2v) is 5.76. The van der Waals surface area contributed by atoms with Gasteiger partial charge < -0.3 is 9.94 Å². The summed E-state index contributed by atoms with van der Waals surface area (Å²) in [6, 6.07) is 0. The molecule has 2 saturated carbocycles. The average Bonchev–Trinajstić information content (AvgIpc) is 2.48. The molecule has 2 rings (SSSR count). The van der Waals surface area contributed by atoms with Crippen molar-refractivity contribution in [2.45, 2.75) is 45.6 Å². The Labute approximate surface area is 89.7 Å². The van der Waals surface area contributed by atoms with E-state index in [4.69, 9.17) is 5.90 Å². The molecule has 0 saturated heterocycles. The summed E-state index contributed by atoms with van der Waals surface area (Å²) < 4.78 is 0. The zero-order valence-electron chi connectivity index (χ0n) is 9.54. The molecule has 2 bridgehead atoms. The molecule has 0 spiro atoms. The fraction of sp³-hybridized carbons (Fsp3) is 0.909. The molecule has 0 aromatic rings. The largest absolute Gasteiger partial charge is 0.378 e. The Morgan fingerprint density at radius 2 is 2.07 bits per heavy atom. The van der Waals surface area contributed by atoms with E-state index in [9.17, 15) is 9.90 Å². The van der Waals surface area contributed by atoms with E-state index in [-0.39, 0.29) is 5.41 Å². The molecule has 2 aliphatic rings. The third kappa shape index (κ3) is 0.967. The highest BCUT2D eigenvalue weighted by Gasteiger charge is 2.72. The van der Waals surface area contributed by atoms with Crippen LogP contribution in [0.3, 0.4) is 0 Å². The van der Waals surface area contributed by atoms with Crippen LogP contribution in [0.4, 0.5) is 0 Å². The van der Waals surface area contributed by atoms with Crippen LogP contribution in [0.15, 0.2) is 0 Å². The van der Waals surface area contributed by atoms with Gasteiger partial charge in [0, 0.05) is 5.41 Å². The Bertz CT molecular complexity index is 315. The van der Waals surface area contributed by atoms with Gasteiger partial charge in [0.25, 0.3) is 0 Å². The van der Waals surface area contributed by atoms with E-state index in [0.717, 1.165) is 12.8 Å². The summed E-state index contributed by atoms with van der Waals surface area (Å²) in [7, 11) is 0. The molecule has 0 radical (unpaired) electrons. The molecule has 3 N–H and O–H groups in total. The smallest absolute Gasteiger partial charge is 0.357 e. The van der Waals surface area contributed by atoms with Gasteiger partial charge in [-0.15, -0.1) is 0 Å². The van der Waals surface area contributed by atoms with E-state index in [1.165, 1.54) is 0 Å². The molecule has 4 nitrogen and oxygen atoms in total. The standard InChI is InChI=1S/C11H19NO3/c1-9(2)7-4-5-10(9,3)11(14,6-7)8(13)15-12/h7,14H,4-6,12H2,1-3H3. The Morgan fingerprint density at radius 3 is 2.40 bits per heavy atom. The lowest BCUT2D eigenvalue weighted by atomic mass is 9.64. The lowest BCUT2D eigenvalue weighted by Crippen LogP contribution is -2.54. The molecule has 15 heavy (non-hydrogen) atoms. The molecule has 0 heterocycles. The van der Waals surface area contributed by atoms with E-state index in [1.54, 1.807) is 0 Å². The summed E-state index contributed by atoms with van der Waals surface area (Å²) in [5.74, 6) is 4.61. The second-order valence-electron chi connectivity index (χ2n) is 5.76. The van der Waals surface area contributed by atoms with Gasteiger partial charge in [-0.3, -0.25) is 0 Å². The zero-order chi connectivity index (χ0) is 11.5. The van der Waals surface area contributed by atoms with Crippen molar-refractivity contribution in [2.24, 2.45) is 22.6 Å². The van der Waals surface area contributed by atoms with Crippen molar-refractivity contribution < 1.29 is 14.7 Å². The summed E-state index contributed by atoms with van der Waals surface area (Å²) in [5.41, 5.74) is -1.84. The first-order chi connectivity index (χ1) is 6.79. The highest BCUT2D eigenvalue weighted by molar-refractivity contribution is 5.81. The van der Waals surface area contributed by atoms with Gasteiger partial charge in [-0.05, 0) is 30.6 Å². The van der Waals surface area contributed by atoms with Crippen LogP contribution in [0.2, 0.25) is 0 Å². The van der Waals surface area contributed by atoms with Crippen molar-refractivity contribution in [3.05, 3.63) is 0 Å². The number of fused-ring (bicyclic) bond motifs is 2. The molecule has 0 aromatic heterocycles. The van der Waals surface area contributed by atoms with Gasteiger partial charge in [0.15, 0.2) is 5.60 Å². The van der Waals surface area contributed by atoms with Gasteiger partial charge >= 0.3 is 5.97 Å². The second kappa shape index (κ2) is 2.74. The highest BCUT2D eigenvalue weighted by Crippen LogP contribution is 2.69. The van der Waals surface area contributed by atoms with Gasteiger partial charge in [0.05, 0.1) is 0 Å². The van der Waals surface area contributed by atoms with Crippen molar-refractivity contribution in [3.63, 3.8) is 0 Å². The molecule has 2 fully saturated rings. The normalized spacial score (nSPS) is 46.9. The molecule has 86 valence electrons. The number of carbonyl (C=O) groups excluding carboxylic acids is 1. The quantitative estimate of drug-likeness (QED) is 0.637. The predicted octanol–water partition coefficient (Wildman–Crippen LogP) is 0.981. The Kier molecular flexibility index (Phi) is 1.99. The number of rotatable bonds is 1. The molecule has 0 aliphatic heterocycles. The summed E-state index contributed by atoms with van der Waals surface area (Å²) in [6.45, 7) is 6.20. The minimum absolute atomic E-state index is 0.0318. The van der Waals surface area contributed by atoms with Crippen LogP contribution >= 0.6 is 0 Å². The fourth-order valence-electron chi connectivity index (χ4n) is 3.68. The number of aliphatic hydroxyl groups is 1. The van der Waals surface area contributed by atoms with Crippen LogP contribution in [-0.2, 0) is 9.63 Å². The molecule has 3 atom stereocenters. The Hall–Kier alpha value is -0.610. The van der Waals surface area contributed by atoms with Crippen molar-refractivity contribution in [1.29, 1.82) is 0 Å². The number of hydrogen-bond acceptors (Lipinski definition) is 4. The zero-order valence-corrected chi connectivity index (χ0v) is 9.54. The molecule has 0 aromatic carbocycles. The average molecular weight is 213 g/mol. The van der Waals surface area contributed by atoms with Gasteiger partial charge in [0.1, 0.15) is 0 Å². The Balaban J connectivity index is 2.45. The summed E-state index contributed by atoms with van der Waals surface area (Å²) in [5, 5.41) is 10.5. The minimum Gasteiger partial charge on any atom is -0.378 e. The SMILES string of the molecule is CC1(C)C2CCC1(C)C(O)(C(=O)ON)C2. The van der Waals surface area contributed by atoms with Crippen molar-refractivity contribution in [2.75, 3.05) is 0 Å². The molecular weight excluding hydrogens is 194 g/mol. The first-order valence-electron chi connectivity index (χ1n) is 5.43. The number of carbonyl (C=O) groups is 1. The topological polar surface area (TPSA) is 72.5 Å². The van der Waals surface area contributed by atoms with Crippen molar-refractivity contribution in [3.8, 4) is 0 Å². The van der Waals surface area contributed by atoms with Crippen LogP contribution in [0, 0.1) is 16.7 Å². The van der Waals surface area contributed by atoms with Gasteiger partial charge in [-0.1, -0.05) is 20.8 Å². The fourth-order valence-corrected chi connectivity index (χ4v) is 3.68. The maximum Gasteiger partial charge on any atom is 0.357 e. The molecule has 3 unspecified atom stereocenters. The third-order valence-electron chi connectivity index (χ3n) is 5.33. The lowest BCUT2D eigenvalue weighted by Gasteiger charge is -2.42. The lowest BCUT2D eigenvalue weighted by molar-refractivity contribution is -0.184. The monoisotopic (exact) mass is 213 g/mol. The molecule has 2 aliphatic carbocycles. The van der Waals surface area contributed by atoms with E-state index < -0.39 is 17.0 Å². The van der Waals surface area contributed by atoms with Crippen LogP contribution in [0.5, 0.6) is 0 Å². The van der Waals surface area contributed by atoms with Crippen LogP contribution < -0.4 is 5.90 Å². The van der Waals surface area contributed by atoms with Crippen LogP contribution in [0.25, 0.3) is 0 Å². The highest BCUT2D eigenvalue weighted by atomic mass is 16.7. The number of nitrogens with two attached hydrogens (primary N) is 1. The minimum atomic E-state index is -1.39. The van der Waals surface area contributed by atoms with E-state index in [1.807, 2.05) is 6.92 Å². The van der Waals surface area contributed by atoms with Gasteiger partial charge in [0.2, 0.25) is 0 Å². The van der Waals surface area contributed by atoms with Gasteiger partial charge in [-0.25, -0.2) is 4.79 Å². The molecule has 4 heteroatoms. The van der Waals surface area contributed by atoms with Gasteiger partial charge in [-0.2, -0.15) is 5.90 Å². The summed E-state index contributed by atoms with van der Waals surface area (Å²) in [6.07, 6.45) is 2.41. The van der Waals surface area contributed by atoms with E-state index in [0.29, 0.717) is 12.3 Å². The maximum absolute atomic E-state index is 11.6. The first kappa shape index (κ1) is 10.9. The van der Waals surface area contributed by atoms with Crippen molar-refractivity contribution >= 4 is 5.97 Å².